The predicted octanol–water partition coefficient (Wildman–Crippen LogP) is 7.94. The van der Waals surface area contributed by atoms with Crippen molar-refractivity contribution in [1.82, 2.24) is 0 Å². The third kappa shape index (κ3) is 5.18. The van der Waals surface area contributed by atoms with Crippen molar-refractivity contribution in [2.24, 2.45) is 0 Å². The molecule has 0 aliphatic carbocycles. The van der Waals surface area contributed by atoms with E-state index in [0.29, 0.717) is 11.1 Å². The molecule has 2 N–H and O–H groups in total. The molecule has 4 nitrogen and oxygen atoms in total. The maximum Gasteiger partial charge on any atom is 0.256 e. The molecule has 4 aromatic carbocycles. The Morgan fingerprint density at radius 1 is 0.500 bits per heavy atom. The summed E-state index contributed by atoms with van der Waals surface area (Å²) in [4.78, 5) is 26.8. The van der Waals surface area contributed by atoms with Gasteiger partial charge in [-0.3, -0.25) is 9.59 Å². The molecule has 0 aromatic heterocycles. The number of hydrogen-bond acceptors (Lipinski definition) is 2. The van der Waals surface area contributed by atoms with Crippen molar-refractivity contribution in [2.75, 3.05) is 10.6 Å². The van der Waals surface area contributed by atoms with Gasteiger partial charge >= 0.3 is 0 Å². The number of para-hydroxylation sites is 2. The summed E-state index contributed by atoms with van der Waals surface area (Å²) in [5, 5.41) is 7.67. The minimum Gasteiger partial charge on any atom is -0.322 e. The van der Waals surface area contributed by atoms with Crippen LogP contribution in [0.15, 0.2) is 84.9 Å². The van der Waals surface area contributed by atoms with Gasteiger partial charge in [-0.15, -0.1) is 0 Å². The van der Waals surface area contributed by atoms with E-state index in [9.17, 15) is 9.59 Å². The molecule has 0 radical (unpaired) electrons. The Bertz CT molecular complexity index is 1330. The Morgan fingerprint density at radius 2 is 0.833 bits per heavy atom. The number of amides is 2. The van der Waals surface area contributed by atoms with E-state index in [-0.39, 0.29) is 22.6 Å². The fraction of sp³-hybridized carbons (Fsp3) is 0.250. The van der Waals surface area contributed by atoms with Crippen molar-refractivity contribution in [3.8, 4) is 0 Å². The van der Waals surface area contributed by atoms with Gasteiger partial charge in [-0.25, -0.2) is 0 Å². The lowest BCUT2D eigenvalue weighted by Crippen LogP contribution is -2.20. The summed E-state index contributed by atoms with van der Waals surface area (Å²) in [5.41, 5.74) is 4.54. The third-order valence-corrected chi connectivity index (χ3v) is 6.38. The summed E-state index contributed by atoms with van der Waals surface area (Å²) < 4.78 is 0. The lowest BCUT2D eigenvalue weighted by Gasteiger charge is -2.23. The van der Waals surface area contributed by atoms with Gasteiger partial charge in [0.1, 0.15) is 0 Å². The van der Waals surface area contributed by atoms with Gasteiger partial charge in [0, 0.05) is 22.5 Å². The van der Waals surface area contributed by atoms with E-state index in [1.54, 1.807) is 12.1 Å². The molecule has 4 aromatic rings. The second kappa shape index (κ2) is 9.62. The van der Waals surface area contributed by atoms with E-state index in [0.717, 1.165) is 33.3 Å². The van der Waals surface area contributed by atoms with Gasteiger partial charge in [0.15, 0.2) is 0 Å². The van der Waals surface area contributed by atoms with E-state index >= 15 is 0 Å². The molecular weight excluding hydrogens is 444 g/mol. The first-order chi connectivity index (χ1) is 17.0. The van der Waals surface area contributed by atoms with Crippen LogP contribution in [0, 0.1) is 0 Å². The molecule has 0 aliphatic rings. The summed E-state index contributed by atoms with van der Waals surface area (Å²) in [7, 11) is 0. The van der Waals surface area contributed by atoms with Crippen LogP contribution in [0.2, 0.25) is 0 Å². The molecule has 0 bridgehead atoms. The molecular formula is C32H34N2O2. The Morgan fingerprint density at radius 3 is 1.19 bits per heavy atom. The predicted molar refractivity (Wildman–Crippen MR) is 150 cm³/mol. The van der Waals surface area contributed by atoms with Crippen molar-refractivity contribution in [2.45, 2.75) is 52.4 Å². The van der Waals surface area contributed by atoms with Gasteiger partial charge in [0.05, 0.1) is 0 Å². The molecule has 0 unspecified atom stereocenters. The van der Waals surface area contributed by atoms with Crippen LogP contribution in [0.3, 0.4) is 0 Å². The van der Waals surface area contributed by atoms with Crippen molar-refractivity contribution < 1.29 is 9.59 Å². The first kappa shape index (κ1) is 25.2. The third-order valence-electron chi connectivity index (χ3n) is 6.38. The van der Waals surface area contributed by atoms with Crippen LogP contribution in [-0.2, 0) is 10.8 Å². The first-order valence-corrected chi connectivity index (χ1v) is 12.3. The van der Waals surface area contributed by atoms with Gasteiger partial charge in [-0.2, -0.15) is 0 Å². The Hall–Kier alpha value is -3.92. The minimum absolute atomic E-state index is 0.114. The van der Waals surface area contributed by atoms with Crippen LogP contribution in [0.4, 0.5) is 11.4 Å². The van der Waals surface area contributed by atoms with Gasteiger partial charge in [0.25, 0.3) is 11.8 Å². The topological polar surface area (TPSA) is 58.2 Å². The van der Waals surface area contributed by atoms with Crippen LogP contribution in [0.5, 0.6) is 0 Å². The molecule has 0 heterocycles. The number of carbonyl (C=O) groups is 2. The number of rotatable bonds is 4. The maximum atomic E-state index is 13.4. The second-order valence-corrected chi connectivity index (χ2v) is 11.2. The van der Waals surface area contributed by atoms with Crippen LogP contribution in [0.1, 0.15) is 73.4 Å². The highest BCUT2D eigenvalue weighted by atomic mass is 16.2. The maximum absolute atomic E-state index is 13.4. The number of hydrogen-bond donors (Lipinski definition) is 2. The van der Waals surface area contributed by atoms with E-state index in [2.05, 4.69) is 52.2 Å². The number of anilines is 2. The van der Waals surface area contributed by atoms with Gasteiger partial charge in [-0.05, 0) is 57.0 Å². The molecule has 0 atom stereocenters. The zero-order valence-electron chi connectivity index (χ0n) is 21.9. The largest absolute Gasteiger partial charge is 0.322 e. The zero-order valence-corrected chi connectivity index (χ0v) is 21.9. The molecule has 0 saturated heterocycles. The fourth-order valence-corrected chi connectivity index (χ4v) is 4.57. The highest BCUT2D eigenvalue weighted by Gasteiger charge is 2.22. The fourth-order valence-electron chi connectivity index (χ4n) is 4.57. The van der Waals surface area contributed by atoms with E-state index in [1.165, 1.54) is 0 Å². The molecule has 0 aliphatic heterocycles. The molecule has 0 saturated carbocycles. The standard InChI is InChI=1S/C32H34N2O2/c1-31(2,3)25-15-9-11-17-27(25)33-29(35)23-19-20-24(22-14-8-7-13-21(22)23)30(36)34-28-18-12-10-16-26(28)32(4,5)6/h7-20H,1-6H3,(H,33,35)(H,34,36). The highest BCUT2D eigenvalue weighted by Crippen LogP contribution is 2.32. The molecule has 4 heteroatoms. The summed E-state index contributed by atoms with van der Waals surface area (Å²) in [6.07, 6.45) is 0. The average molecular weight is 479 g/mol. The summed E-state index contributed by atoms with van der Waals surface area (Å²) in [6, 6.07) is 26.8. The first-order valence-electron chi connectivity index (χ1n) is 12.3. The van der Waals surface area contributed by atoms with Crippen LogP contribution < -0.4 is 10.6 Å². The van der Waals surface area contributed by atoms with Crippen LogP contribution >= 0.6 is 0 Å². The van der Waals surface area contributed by atoms with Gasteiger partial charge in [-0.1, -0.05) is 102 Å². The van der Waals surface area contributed by atoms with Crippen molar-refractivity contribution in [3.63, 3.8) is 0 Å². The van der Waals surface area contributed by atoms with E-state index in [1.807, 2.05) is 72.8 Å². The van der Waals surface area contributed by atoms with E-state index in [4.69, 9.17) is 0 Å². The van der Waals surface area contributed by atoms with Gasteiger partial charge < -0.3 is 10.6 Å². The molecule has 2 amide bonds. The quantitative estimate of drug-likeness (QED) is 0.313. The summed E-state index contributed by atoms with van der Waals surface area (Å²) in [5.74, 6) is -0.402. The lowest BCUT2D eigenvalue weighted by atomic mass is 9.85. The summed E-state index contributed by atoms with van der Waals surface area (Å²) in [6.45, 7) is 12.7. The van der Waals surface area contributed by atoms with Crippen molar-refractivity contribution in [1.29, 1.82) is 0 Å². The average Bonchev–Trinajstić information content (AvgIpc) is 2.82. The number of benzene rings is 4. The Balaban J connectivity index is 1.70. The molecule has 0 spiro atoms. The monoisotopic (exact) mass is 478 g/mol. The van der Waals surface area contributed by atoms with Crippen molar-refractivity contribution in [3.05, 3.63) is 107 Å². The summed E-state index contributed by atoms with van der Waals surface area (Å²) >= 11 is 0. The molecule has 184 valence electrons. The zero-order chi connectivity index (χ0) is 26.1. The highest BCUT2D eigenvalue weighted by molar-refractivity contribution is 6.19. The SMILES string of the molecule is CC(C)(C)c1ccccc1NC(=O)c1ccc(C(=O)Nc2ccccc2C(C)(C)C)c2ccccc12. The lowest BCUT2D eigenvalue weighted by molar-refractivity contribution is 0.101. The number of fused-ring (bicyclic) bond motifs is 1. The molecule has 36 heavy (non-hydrogen) atoms. The number of nitrogens with one attached hydrogen (secondary N) is 2. The smallest absolute Gasteiger partial charge is 0.256 e. The molecule has 0 fully saturated rings. The molecule has 4 rings (SSSR count). The second-order valence-electron chi connectivity index (χ2n) is 11.2. The van der Waals surface area contributed by atoms with Crippen LogP contribution in [0.25, 0.3) is 10.8 Å². The Kier molecular flexibility index (Phi) is 6.73. The normalized spacial score (nSPS) is 11.8. The van der Waals surface area contributed by atoms with Crippen molar-refractivity contribution >= 4 is 34.0 Å². The number of carbonyl (C=O) groups excluding carboxylic acids is 2. The van der Waals surface area contributed by atoms with Crippen LogP contribution in [-0.4, -0.2) is 11.8 Å². The Labute approximate surface area is 213 Å². The van der Waals surface area contributed by atoms with E-state index < -0.39 is 0 Å². The minimum atomic E-state index is -0.201. The van der Waals surface area contributed by atoms with Gasteiger partial charge in [0.2, 0.25) is 0 Å².